The van der Waals surface area contributed by atoms with E-state index in [0.717, 1.165) is 0 Å². The topological polar surface area (TPSA) is 104 Å². The van der Waals surface area contributed by atoms with Gasteiger partial charge in [0.25, 0.3) is 5.91 Å². The van der Waals surface area contributed by atoms with Gasteiger partial charge in [0.1, 0.15) is 17.2 Å². The Hall–Kier alpha value is -4.19. The molecular formula is C22H16FN6O2+. The molecule has 0 saturated heterocycles. The molecule has 0 unspecified atom stereocenters. The second-order valence-corrected chi connectivity index (χ2v) is 7.33. The third-order valence-electron chi connectivity index (χ3n) is 5.58. The molecule has 2 aliphatic rings. The Labute approximate surface area is 176 Å². The number of hydrogen-bond donors (Lipinski definition) is 1. The molecule has 8 nitrogen and oxygen atoms in total. The number of fused-ring (bicyclic) bond motifs is 1. The van der Waals surface area contributed by atoms with Crippen molar-refractivity contribution < 1.29 is 18.6 Å². The number of carbonyl (C=O) groups excluding carboxylic acids is 2. The first kappa shape index (κ1) is 18.8. The summed E-state index contributed by atoms with van der Waals surface area (Å²) in [4.78, 5) is 28.8. The van der Waals surface area contributed by atoms with E-state index in [2.05, 4.69) is 15.4 Å². The molecule has 0 fully saturated rings. The molecule has 31 heavy (non-hydrogen) atoms. The van der Waals surface area contributed by atoms with Crippen molar-refractivity contribution in [2.24, 2.45) is 0 Å². The van der Waals surface area contributed by atoms with Gasteiger partial charge in [0.15, 0.2) is 0 Å². The number of ketones is 1. The summed E-state index contributed by atoms with van der Waals surface area (Å²) in [5, 5.41) is 16.7. The monoisotopic (exact) mass is 415 g/mol. The number of rotatable bonds is 3. The van der Waals surface area contributed by atoms with Crippen molar-refractivity contribution in [1.82, 2.24) is 20.1 Å². The van der Waals surface area contributed by atoms with Gasteiger partial charge < -0.3 is 5.32 Å². The number of aromatic nitrogens is 3. The van der Waals surface area contributed by atoms with Crippen LogP contribution in [0.15, 0.2) is 36.5 Å². The van der Waals surface area contributed by atoms with E-state index in [1.807, 2.05) is 10.6 Å². The van der Waals surface area contributed by atoms with Gasteiger partial charge in [-0.05, 0) is 18.2 Å². The standard InChI is InChI=1S/C22H15FN6O2/c1-12-18(30)5-7-28(12)19-6-8-29(27-19)17-9-15(26-16-11-25-22(31)21(16)17)20-13(10-24)3-2-4-14(20)23/h2-4,6,8-9H,5,7,11H2,1H3/p+1. The van der Waals surface area contributed by atoms with Crippen LogP contribution in [0.4, 0.5) is 10.2 Å². The van der Waals surface area contributed by atoms with Gasteiger partial charge in [-0.25, -0.2) is 13.9 Å². The van der Waals surface area contributed by atoms with Gasteiger partial charge in [0.2, 0.25) is 5.78 Å². The number of carbonyl (C=O) groups is 2. The molecule has 2 aromatic heterocycles. The number of Topliss-reactive ketones (excluding diaryl/α,β-unsaturated/α-hetero) is 1. The summed E-state index contributed by atoms with van der Waals surface area (Å²) >= 11 is 0. The van der Waals surface area contributed by atoms with E-state index in [1.165, 1.54) is 22.9 Å². The van der Waals surface area contributed by atoms with Crippen molar-refractivity contribution in [3.8, 4) is 23.0 Å². The summed E-state index contributed by atoms with van der Waals surface area (Å²) in [5.74, 6) is -0.215. The van der Waals surface area contributed by atoms with Crippen LogP contribution in [-0.2, 0) is 11.3 Å². The van der Waals surface area contributed by atoms with Crippen LogP contribution in [0.3, 0.4) is 0 Å². The molecule has 1 aromatic carbocycles. The Morgan fingerprint density at radius 3 is 2.84 bits per heavy atom. The molecule has 0 aliphatic carbocycles. The number of benzene rings is 1. The predicted molar refractivity (Wildman–Crippen MR) is 108 cm³/mol. The second kappa shape index (κ2) is 6.95. The van der Waals surface area contributed by atoms with E-state index in [9.17, 15) is 19.2 Å². The summed E-state index contributed by atoms with van der Waals surface area (Å²) in [6.07, 6.45) is 2.11. The Bertz CT molecular complexity index is 1360. The molecule has 5 rings (SSSR count). The fourth-order valence-electron chi connectivity index (χ4n) is 3.99. The molecule has 0 radical (unpaired) electrons. The summed E-state index contributed by atoms with van der Waals surface area (Å²) in [7, 11) is 0. The van der Waals surface area contributed by atoms with Crippen molar-refractivity contribution in [1.29, 1.82) is 5.26 Å². The van der Waals surface area contributed by atoms with Crippen LogP contribution in [0.1, 0.15) is 35.0 Å². The van der Waals surface area contributed by atoms with E-state index in [0.29, 0.717) is 41.4 Å². The van der Waals surface area contributed by atoms with Crippen LogP contribution in [-0.4, -0.2) is 43.3 Å². The van der Waals surface area contributed by atoms with Crippen LogP contribution in [0, 0.1) is 17.1 Å². The zero-order valence-corrected chi connectivity index (χ0v) is 16.5. The minimum atomic E-state index is -0.573. The molecule has 0 saturated carbocycles. The van der Waals surface area contributed by atoms with Crippen molar-refractivity contribution in [2.45, 2.75) is 19.9 Å². The van der Waals surface area contributed by atoms with Crippen molar-refractivity contribution >= 4 is 23.2 Å². The lowest BCUT2D eigenvalue weighted by molar-refractivity contribution is -0.436. The van der Waals surface area contributed by atoms with E-state index >= 15 is 0 Å². The Balaban J connectivity index is 1.70. The van der Waals surface area contributed by atoms with Crippen molar-refractivity contribution in [2.75, 3.05) is 6.54 Å². The van der Waals surface area contributed by atoms with Gasteiger partial charge in [0, 0.05) is 6.92 Å². The number of amides is 1. The second-order valence-electron chi connectivity index (χ2n) is 7.33. The van der Waals surface area contributed by atoms with Gasteiger partial charge in [-0.15, -0.1) is 4.68 Å². The highest BCUT2D eigenvalue weighted by molar-refractivity contribution is 6.37. The predicted octanol–water partition coefficient (Wildman–Crippen LogP) is 2.27. The maximum Gasteiger partial charge on any atom is 0.350 e. The third kappa shape index (κ3) is 2.92. The highest BCUT2D eigenvalue weighted by Crippen LogP contribution is 2.31. The van der Waals surface area contributed by atoms with Gasteiger partial charge >= 0.3 is 5.82 Å². The smallest absolute Gasteiger partial charge is 0.346 e. The first-order valence-electron chi connectivity index (χ1n) is 9.69. The molecule has 152 valence electrons. The molecule has 0 spiro atoms. The molecule has 1 amide bonds. The molecule has 2 aliphatic heterocycles. The van der Waals surface area contributed by atoms with Gasteiger partial charge in [0.05, 0.1) is 71.0 Å². The van der Waals surface area contributed by atoms with Crippen LogP contribution in [0.25, 0.3) is 16.9 Å². The lowest BCUT2D eigenvalue weighted by Crippen LogP contribution is -2.15. The van der Waals surface area contributed by atoms with Gasteiger partial charge in [-0.3, -0.25) is 9.59 Å². The number of nitriles is 1. The first-order valence-corrected chi connectivity index (χ1v) is 9.69. The quantitative estimate of drug-likeness (QED) is 0.661. The molecule has 0 bridgehead atoms. The maximum absolute atomic E-state index is 14.6. The minimum absolute atomic E-state index is 0.0737. The average molecular weight is 415 g/mol. The van der Waals surface area contributed by atoms with Crippen LogP contribution >= 0.6 is 0 Å². The zero-order chi connectivity index (χ0) is 21.7. The number of pyridine rings is 1. The largest absolute Gasteiger partial charge is 0.350 e. The third-order valence-corrected chi connectivity index (χ3v) is 5.58. The molecule has 4 heterocycles. The van der Waals surface area contributed by atoms with Crippen LogP contribution in [0.5, 0.6) is 0 Å². The summed E-state index contributed by atoms with van der Waals surface area (Å²) in [6.45, 7) is 2.50. The SMILES string of the molecule is CC1=[N+](c2ccn(-c3cc(-c4c(F)cccc4C#N)nc4c3C(=O)NC4)n2)CCC1=O. The van der Waals surface area contributed by atoms with E-state index < -0.39 is 5.82 Å². The Morgan fingerprint density at radius 2 is 2.10 bits per heavy atom. The van der Waals surface area contributed by atoms with Crippen LogP contribution in [0.2, 0.25) is 0 Å². The summed E-state index contributed by atoms with van der Waals surface area (Å²) in [5.41, 5.74) is 2.33. The Morgan fingerprint density at radius 1 is 1.26 bits per heavy atom. The number of hydrogen-bond acceptors (Lipinski definition) is 5. The summed E-state index contributed by atoms with van der Waals surface area (Å²) < 4.78 is 18.0. The molecular weight excluding hydrogens is 399 g/mol. The van der Waals surface area contributed by atoms with Gasteiger partial charge in [-0.2, -0.15) is 5.26 Å². The number of nitrogens with zero attached hydrogens (tertiary/aromatic N) is 5. The fourth-order valence-corrected chi connectivity index (χ4v) is 3.99. The minimum Gasteiger partial charge on any atom is -0.346 e. The molecule has 1 N–H and O–H groups in total. The highest BCUT2D eigenvalue weighted by Gasteiger charge is 2.31. The highest BCUT2D eigenvalue weighted by atomic mass is 19.1. The van der Waals surface area contributed by atoms with E-state index in [-0.39, 0.29) is 35.1 Å². The maximum atomic E-state index is 14.6. The molecule has 3 aromatic rings. The Kier molecular flexibility index (Phi) is 4.22. The summed E-state index contributed by atoms with van der Waals surface area (Å²) in [6, 6.07) is 9.56. The van der Waals surface area contributed by atoms with E-state index in [4.69, 9.17) is 0 Å². The van der Waals surface area contributed by atoms with Crippen molar-refractivity contribution in [3.05, 3.63) is 59.2 Å². The molecule has 9 heteroatoms. The number of halogens is 1. The lowest BCUT2D eigenvalue weighted by Gasteiger charge is -2.10. The molecule has 0 atom stereocenters. The fraction of sp³-hybridized carbons (Fsp3) is 0.182. The van der Waals surface area contributed by atoms with Crippen LogP contribution < -0.4 is 5.32 Å². The van der Waals surface area contributed by atoms with Gasteiger partial charge in [-0.1, -0.05) is 6.07 Å². The first-order chi connectivity index (χ1) is 15.0. The zero-order valence-electron chi connectivity index (χ0n) is 16.5. The normalized spacial score (nSPS) is 15.3. The van der Waals surface area contributed by atoms with E-state index in [1.54, 1.807) is 25.3 Å². The number of nitrogens with one attached hydrogen (secondary N) is 1. The lowest BCUT2D eigenvalue weighted by atomic mass is 10.0. The average Bonchev–Trinajstić information content (AvgIpc) is 3.47. The van der Waals surface area contributed by atoms with Crippen molar-refractivity contribution in [3.63, 3.8) is 0 Å².